The Bertz CT molecular complexity index is 185. The lowest BCUT2D eigenvalue weighted by Crippen LogP contribution is -2.52. The van der Waals surface area contributed by atoms with Gasteiger partial charge in [0.05, 0.1) is 25.4 Å². The number of morpholine rings is 1. The van der Waals surface area contributed by atoms with Gasteiger partial charge in [0, 0.05) is 6.54 Å². The Morgan fingerprint density at radius 1 is 1.62 bits per heavy atom. The minimum Gasteiger partial charge on any atom is -0.394 e. The fourth-order valence-corrected chi connectivity index (χ4v) is 1.37. The van der Waals surface area contributed by atoms with E-state index in [1.807, 2.05) is 6.92 Å². The topological polar surface area (TPSA) is 70.0 Å². The first-order valence-corrected chi connectivity index (χ1v) is 4.31. The Labute approximate surface area is 76.9 Å². The third-order valence-corrected chi connectivity index (χ3v) is 2.16. The van der Waals surface area contributed by atoms with Crippen LogP contribution in [-0.4, -0.2) is 59.5 Å². The van der Waals surface area contributed by atoms with Crippen molar-refractivity contribution >= 4 is 5.91 Å². The van der Waals surface area contributed by atoms with E-state index in [4.69, 9.17) is 14.9 Å². The molecule has 1 fully saturated rings. The molecule has 2 N–H and O–H groups in total. The Kier molecular flexibility index (Phi) is 3.65. The number of aliphatic hydroxyl groups excluding tert-OH is 2. The van der Waals surface area contributed by atoms with Crippen molar-refractivity contribution in [3.05, 3.63) is 0 Å². The number of aliphatic hydroxyl groups is 2. The summed E-state index contributed by atoms with van der Waals surface area (Å²) in [4.78, 5) is 12.7. The van der Waals surface area contributed by atoms with Gasteiger partial charge < -0.3 is 19.8 Å². The molecule has 1 amide bonds. The van der Waals surface area contributed by atoms with E-state index in [0.717, 1.165) is 0 Å². The Morgan fingerprint density at radius 2 is 2.31 bits per heavy atom. The van der Waals surface area contributed by atoms with Gasteiger partial charge in [-0.3, -0.25) is 4.79 Å². The van der Waals surface area contributed by atoms with Crippen LogP contribution >= 0.6 is 0 Å². The SMILES string of the molecule is CC1COC(CO)CN1C(=O)CO. The third kappa shape index (κ3) is 2.40. The summed E-state index contributed by atoms with van der Waals surface area (Å²) in [7, 11) is 0. The average Bonchev–Trinajstić information content (AvgIpc) is 2.17. The summed E-state index contributed by atoms with van der Waals surface area (Å²) in [5.74, 6) is -0.311. The molecular weight excluding hydrogens is 174 g/mol. The van der Waals surface area contributed by atoms with Gasteiger partial charge in [0.15, 0.2) is 0 Å². The molecule has 0 aromatic rings. The highest BCUT2D eigenvalue weighted by molar-refractivity contribution is 5.77. The number of rotatable bonds is 2. The van der Waals surface area contributed by atoms with Crippen LogP contribution in [-0.2, 0) is 9.53 Å². The van der Waals surface area contributed by atoms with Gasteiger partial charge >= 0.3 is 0 Å². The molecule has 0 spiro atoms. The average molecular weight is 189 g/mol. The van der Waals surface area contributed by atoms with Crippen molar-refractivity contribution in [1.82, 2.24) is 4.90 Å². The number of ether oxygens (including phenoxy) is 1. The molecule has 0 aromatic carbocycles. The van der Waals surface area contributed by atoms with Crippen molar-refractivity contribution in [3.8, 4) is 0 Å². The Hall–Kier alpha value is -0.650. The van der Waals surface area contributed by atoms with Gasteiger partial charge in [-0.25, -0.2) is 0 Å². The predicted molar refractivity (Wildman–Crippen MR) is 45.1 cm³/mol. The summed E-state index contributed by atoms with van der Waals surface area (Å²) in [5.41, 5.74) is 0. The molecule has 5 nitrogen and oxygen atoms in total. The fourth-order valence-electron chi connectivity index (χ4n) is 1.37. The number of carbonyl (C=O) groups excluding carboxylic acids is 1. The highest BCUT2D eigenvalue weighted by atomic mass is 16.5. The fraction of sp³-hybridized carbons (Fsp3) is 0.875. The first-order valence-electron chi connectivity index (χ1n) is 4.31. The van der Waals surface area contributed by atoms with Gasteiger partial charge in [-0.05, 0) is 6.92 Å². The maximum atomic E-state index is 11.2. The van der Waals surface area contributed by atoms with Crippen LogP contribution in [0.5, 0.6) is 0 Å². The molecule has 1 rings (SSSR count). The highest BCUT2D eigenvalue weighted by Gasteiger charge is 2.28. The van der Waals surface area contributed by atoms with Gasteiger partial charge in [-0.1, -0.05) is 0 Å². The number of hydrogen-bond acceptors (Lipinski definition) is 4. The number of carbonyl (C=O) groups is 1. The molecule has 1 aliphatic heterocycles. The molecule has 0 saturated carbocycles. The zero-order chi connectivity index (χ0) is 9.84. The van der Waals surface area contributed by atoms with Crippen LogP contribution in [0.3, 0.4) is 0 Å². The maximum absolute atomic E-state index is 11.2. The van der Waals surface area contributed by atoms with Crippen molar-refractivity contribution in [3.63, 3.8) is 0 Å². The highest BCUT2D eigenvalue weighted by Crippen LogP contribution is 2.11. The molecule has 1 aliphatic rings. The molecular formula is C8H15NO4. The zero-order valence-corrected chi connectivity index (χ0v) is 7.64. The van der Waals surface area contributed by atoms with Crippen molar-refractivity contribution in [2.24, 2.45) is 0 Å². The molecule has 1 saturated heterocycles. The van der Waals surface area contributed by atoms with Crippen LogP contribution in [0.15, 0.2) is 0 Å². The number of amides is 1. The van der Waals surface area contributed by atoms with E-state index in [1.165, 1.54) is 4.90 Å². The molecule has 0 bridgehead atoms. The zero-order valence-electron chi connectivity index (χ0n) is 7.64. The molecule has 2 unspecified atom stereocenters. The summed E-state index contributed by atoms with van der Waals surface area (Å²) in [6.07, 6.45) is -0.313. The van der Waals surface area contributed by atoms with E-state index in [1.54, 1.807) is 0 Å². The molecule has 5 heteroatoms. The van der Waals surface area contributed by atoms with E-state index in [2.05, 4.69) is 0 Å². The van der Waals surface area contributed by atoms with Crippen molar-refractivity contribution in [2.45, 2.75) is 19.1 Å². The maximum Gasteiger partial charge on any atom is 0.248 e. The molecule has 0 aliphatic carbocycles. The van der Waals surface area contributed by atoms with E-state index in [-0.39, 0.29) is 24.7 Å². The molecule has 0 aromatic heterocycles. The van der Waals surface area contributed by atoms with Crippen LogP contribution in [0.25, 0.3) is 0 Å². The first kappa shape index (κ1) is 10.4. The quantitative estimate of drug-likeness (QED) is 0.559. The molecule has 13 heavy (non-hydrogen) atoms. The second-order valence-electron chi connectivity index (χ2n) is 3.19. The standard InChI is InChI=1S/C8H15NO4/c1-6-5-13-7(3-10)2-9(6)8(12)4-11/h6-7,10-11H,2-5H2,1H3. The van der Waals surface area contributed by atoms with Crippen LogP contribution in [0.1, 0.15) is 6.92 Å². The van der Waals surface area contributed by atoms with Crippen molar-refractivity contribution < 1.29 is 19.7 Å². The van der Waals surface area contributed by atoms with Gasteiger partial charge in [0.2, 0.25) is 5.91 Å². The predicted octanol–water partition coefficient (Wildman–Crippen LogP) is -1.41. The molecule has 2 atom stereocenters. The second kappa shape index (κ2) is 4.55. The second-order valence-corrected chi connectivity index (χ2v) is 3.19. The summed E-state index contributed by atoms with van der Waals surface area (Å²) >= 11 is 0. The van der Waals surface area contributed by atoms with Crippen LogP contribution < -0.4 is 0 Å². The smallest absolute Gasteiger partial charge is 0.248 e. The van der Waals surface area contributed by atoms with E-state index < -0.39 is 6.61 Å². The normalized spacial score (nSPS) is 29.0. The number of nitrogens with zero attached hydrogens (tertiary/aromatic N) is 1. The largest absolute Gasteiger partial charge is 0.394 e. The first-order chi connectivity index (χ1) is 6.19. The minimum atomic E-state index is -0.484. The van der Waals surface area contributed by atoms with E-state index in [9.17, 15) is 4.79 Å². The van der Waals surface area contributed by atoms with Crippen LogP contribution in [0.4, 0.5) is 0 Å². The summed E-state index contributed by atoms with van der Waals surface area (Å²) in [6, 6.07) is -0.0255. The van der Waals surface area contributed by atoms with Crippen molar-refractivity contribution in [1.29, 1.82) is 0 Å². The molecule has 0 radical (unpaired) electrons. The lowest BCUT2D eigenvalue weighted by Gasteiger charge is -2.37. The van der Waals surface area contributed by atoms with E-state index >= 15 is 0 Å². The molecule has 1 heterocycles. The monoisotopic (exact) mass is 189 g/mol. The summed E-state index contributed by atoms with van der Waals surface area (Å²) < 4.78 is 5.24. The molecule has 76 valence electrons. The van der Waals surface area contributed by atoms with E-state index in [0.29, 0.717) is 13.2 Å². The number of hydrogen-bond donors (Lipinski definition) is 2. The third-order valence-electron chi connectivity index (χ3n) is 2.16. The van der Waals surface area contributed by atoms with Crippen LogP contribution in [0, 0.1) is 0 Å². The Balaban J connectivity index is 2.54. The lowest BCUT2D eigenvalue weighted by molar-refractivity contribution is -0.148. The van der Waals surface area contributed by atoms with Crippen molar-refractivity contribution in [2.75, 3.05) is 26.4 Å². The van der Waals surface area contributed by atoms with Crippen LogP contribution in [0.2, 0.25) is 0 Å². The van der Waals surface area contributed by atoms with Gasteiger partial charge in [-0.2, -0.15) is 0 Å². The van der Waals surface area contributed by atoms with Gasteiger partial charge in [0.1, 0.15) is 6.61 Å². The minimum absolute atomic E-state index is 0.0255. The summed E-state index contributed by atoms with van der Waals surface area (Å²) in [5, 5.41) is 17.5. The lowest BCUT2D eigenvalue weighted by atomic mass is 10.2. The van der Waals surface area contributed by atoms with Gasteiger partial charge in [0.25, 0.3) is 0 Å². The Morgan fingerprint density at radius 3 is 2.85 bits per heavy atom. The van der Waals surface area contributed by atoms with Gasteiger partial charge in [-0.15, -0.1) is 0 Å². The summed E-state index contributed by atoms with van der Waals surface area (Å²) in [6.45, 7) is 2.04.